The van der Waals surface area contributed by atoms with Gasteiger partial charge < -0.3 is 9.73 Å². The van der Waals surface area contributed by atoms with Crippen LogP contribution in [0.15, 0.2) is 58.8 Å². The van der Waals surface area contributed by atoms with Crippen LogP contribution in [-0.2, 0) is 11.3 Å². The highest BCUT2D eigenvalue weighted by Gasteiger charge is 2.16. The number of nitrogens with zero attached hydrogens (tertiary/aromatic N) is 3. The summed E-state index contributed by atoms with van der Waals surface area (Å²) in [5, 5.41) is 11.9. The molecule has 0 fully saturated rings. The minimum atomic E-state index is -0.0901. The van der Waals surface area contributed by atoms with Gasteiger partial charge in [0, 0.05) is 12.2 Å². The topological polar surface area (TPSA) is 73.0 Å². The van der Waals surface area contributed by atoms with Crippen molar-refractivity contribution < 1.29 is 9.21 Å². The molecule has 0 aliphatic heterocycles. The zero-order valence-corrected chi connectivity index (χ0v) is 15.5. The summed E-state index contributed by atoms with van der Waals surface area (Å²) in [6.07, 6.45) is 3.35. The van der Waals surface area contributed by atoms with Crippen LogP contribution in [0, 0.1) is 13.8 Å². The predicted octanol–water partition coefficient (Wildman–Crippen LogP) is 4.07. The van der Waals surface area contributed by atoms with Gasteiger partial charge in [0.1, 0.15) is 0 Å². The Bertz CT molecular complexity index is 896. The Kier molecular flexibility index (Phi) is 5.58. The fourth-order valence-corrected chi connectivity index (χ4v) is 3.40. The SMILES string of the molecule is C=CCn1c(SCC(=O)Nc2cc(C)cc(C)c2)nnc1-c1ccco1. The number of carbonyl (C=O) groups is 1. The van der Waals surface area contributed by atoms with E-state index in [1.54, 1.807) is 18.4 Å². The number of hydrogen-bond donors (Lipinski definition) is 1. The summed E-state index contributed by atoms with van der Waals surface area (Å²) in [6, 6.07) is 9.59. The number of benzene rings is 1. The molecule has 0 aliphatic rings. The third kappa shape index (κ3) is 4.23. The Hall–Kier alpha value is -2.80. The van der Waals surface area contributed by atoms with Gasteiger partial charge in [-0.15, -0.1) is 16.8 Å². The van der Waals surface area contributed by atoms with Gasteiger partial charge in [-0.25, -0.2) is 0 Å². The standard InChI is InChI=1S/C19H20N4O2S/c1-4-7-23-18(16-6-5-8-25-16)21-22-19(23)26-12-17(24)20-15-10-13(2)9-14(3)11-15/h4-6,8-11H,1,7,12H2,2-3H3,(H,20,24). The van der Waals surface area contributed by atoms with Gasteiger partial charge in [-0.2, -0.15) is 0 Å². The molecule has 3 rings (SSSR count). The molecule has 2 aromatic heterocycles. The first-order valence-corrected chi connectivity index (χ1v) is 9.14. The molecule has 0 radical (unpaired) electrons. The lowest BCUT2D eigenvalue weighted by Crippen LogP contribution is -2.15. The molecule has 26 heavy (non-hydrogen) atoms. The fraction of sp³-hybridized carbons (Fsp3) is 0.211. The number of carbonyl (C=O) groups excluding carboxylic acids is 1. The summed E-state index contributed by atoms with van der Waals surface area (Å²) in [5.41, 5.74) is 3.03. The van der Waals surface area contributed by atoms with Crippen molar-refractivity contribution in [3.05, 3.63) is 60.4 Å². The van der Waals surface area contributed by atoms with Crippen LogP contribution in [0.5, 0.6) is 0 Å². The zero-order chi connectivity index (χ0) is 18.5. The van der Waals surface area contributed by atoms with E-state index in [-0.39, 0.29) is 11.7 Å². The van der Waals surface area contributed by atoms with Gasteiger partial charge in [0.2, 0.25) is 11.7 Å². The van der Waals surface area contributed by atoms with Crippen LogP contribution in [0.25, 0.3) is 11.6 Å². The molecule has 0 saturated heterocycles. The molecule has 7 heteroatoms. The lowest BCUT2D eigenvalue weighted by atomic mass is 10.1. The molecule has 0 bridgehead atoms. The second kappa shape index (κ2) is 8.05. The second-order valence-corrected chi connectivity index (χ2v) is 6.84. The van der Waals surface area contributed by atoms with Crippen LogP contribution in [0.2, 0.25) is 0 Å². The highest BCUT2D eigenvalue weighted by Crippen LogP contribution is 2.24. The molecular weight excluding hydrogens is 348 g/mol. The predicted molar refractivity (Wildman–Crippen MR) is 103 cm³/mol. The number of rotatable bonds is 7. The van der Waals surface area contributed by atoms with E-state index in [4.69, 9.17) is 4.42 Å². The molecule has 1 N–H and O–H groups in total. The van der Waals surface area contributed by atoms with Crippen LogP contribution >= 0.6 is 11.8 Å². The van der Waals surface area contributed by atoms with Gasteiger partial charge in [-0.05, 0) is 49.2 Å². The van der Waals surface area contributed by atoms with Crippen LogP contribution in [-0.4, -0.2) is 26.4 Å². The summed E-state index contributed by atoms with van der Waals surface area (Å²) in [5.74, 6) is 1.39. The van der Waals surface area contributed by atoms with E-state index in [1.807, 2.05) is 36.6 Å². The maximum atomic E-state index is 12.3. The molecule has 0 spiro atoms. The van der Waals surface area contributed by atoms with Crippen molar-refractivity contribution >= 4 is 23.4 Å². The van der Waals surface area contributed by atoms with Crippen molar-refractivity contribution in [3.8, 4) is 11.6 Å². The first-order chi connectivity index (χ1) is 12.6. The van der Waals surface area contributed by atoms with Gasteiger partial charge in [0.15, 0.2) is 10.9 Å². The highest BCUT2D eigenvalue weighted by molar-refractivity contribution is 7.99. The van der Waals surface area contributed by atoms with Crippen LogP contribution in [0.1, 0.15) is 11.1 Å². The lowest BCUT2D eigenvalue weighted by Gasteiger charge is -2.08. The number of nitrogens with one attached hydrogen (secondary N) is 1. The Morgan fingerprint density at radius 2 is 2.08 bits per heavy atom. The largest absolute Gasteiger partial charge is 0.461 e. The van der Waals surface area contributed by atoms with Crippen molar-refractivity contribution in [3.63, 3.8) is 0 Å². The Balaban J connectivity index is 1.69. The molecule has 6 nitrogen and oxygen atoms in total. The number of thioether (sulfide) groups is 1. The number of anilines is 1. The Labute approximate surface area is 156 Å². The van der Waals surface area contributed by atoms with E-state index in [0.29, 0.717) is 23.3 Å². The Morgan fingerprint density at radius 1 is 1.31 bits per heavy atom. The molecule has 0 atom stereocenters. The third-order valence-corrected chi connectivity index (χ3v) is 4.57. The quantitative estimate of drug-likeness (QED) is 0.503. The van der Waals surface area contributed by atoms with Crippen molar-refractivity contribution in [1.82, 2.24) is 14.8 Å². The van der Waals surface area contributed by atoms with Crippen LogP contribution < -0.4 is 5.32 Å². The number of amides is 1. The summed E-state index contributed by atoms with van der Waals surface area (Å²) in [7, 11) is 0. The normalized spacial score (nSPS) is 10.7. The second-order valence-electron chi connectivity index (χ2n) is 5.90. The lowest BCUT2D eigenvalue weighted by molar-refractivity contribution is -0.113. The zero-order valence-electron chi connectivity index (χ0n) is 14.7. The third-order valence-electron chi connectivity index (χ3n) is 3.61. The molecule has 1 aromatic carbocycles. The number of hydrogen-bond acceptors (Lipinski definition) is 5. The van der Waals surface area contributed by atoms with Crippen molar-refractivity contribution in [2.75, 3.05) is 11.1 Å². The number of aromatic nitrogens is 3. The minimum Gasteiger partial charge on any atom is -0.461 e. The van der Waals surface area contributed by atoms with Crippen LogP contribution in [0.4, 0.5) is 5.69 Å². The molecule has 0 saturated carbocycles. The molecule has 1 amide bonds. The van der Waals surface area contributed by atoms with Gasteiger partial charge in [-0.3, -0.25) is 9.36 Å². The molecule has 2 heterocycles. The van der Waals surface area contributed by atoms with Gasteiger partial charge in [-0.1, -0.05) is 23.9 Å². The molecule has 134 valence electrons. The van der Waals surface area contributed by atoms with Crippen LogP contribution in [0.3, 0.4) is 0 Å². The van der Waals surface area contributed by atoms with E-state index in [1.165, 1.54) is 11.8 Å². The number of allylic oxidation sites excluding steroid dienone is 1. The number of aryl methyl sites for hydroxylation is 2. The molecule has 0 aliphatic carbocycles. The number of furan rings is 1. The van der Waals surface area contributed by atoms with E-state index < -0.39 is 0 Å². The summed E-state index contributed by atoms with van der Waals surface area (Å²) < 4.78 is 7.28. The van der Waals surface area contributed by atoms with Gasteiger partial charge in [0.25, 0.3) is 0 Å². The molecular formula is C19H20N4O2S. The minimum absolute atomic E-state index is 0.0901. The first-order valence-electron chi connectivity index (χ1n) is 8.15. The monoisotopic (exact) mass is 368 g/mol. The van der Waals surface area contributed by atoms with E-state index in [9.17, 15) is 4.79 Å². The summed E-state index contributed by atoms with van der Waals surface area (Å²) in [6.45, 7) is 8.31. The summed E-state index contributed by atoms with van der Waals surface area (Å²) in [4.78, 5) is 12.3. The summed E-state index contributed by atoms with van der Waals surface area (Å²) >= 11 is 1.33. The van der Waals surface area contributed by atoms with E-state index >= 15 is 0 Å². The molecule has 0 unspecified atom stereocenters. The van der Waals surface area contributed by atoms with Gasteiger partial charge in [0.05, 0.1) is 12.0 Å². The van der Waals surface area contributed by atoms with Crippen molar-refractivity contribution in [2.45, 2.75) is 25.5 Å². The average molecular weight is 368 g/mol. The maximum absolute atomic E-state index is 12.3. The first kappa shape index (κ1) is 18.0. The van der Waals surface area contributed by atoms with Gasteiger partial charge >= 0.3 is 0 Å². The maximum Gasteiger partial charge on any atom is 0.234 e. The average Bonchev–Trinajstić information content (AvgIpc) is 3.22. The highest BCUT2D eigenvalue weighted by atomic mass is 32.2. The van der Waals surface area contributed by atoms with E-state index in [2.05, 4.69) is 28.2 Å². The van der Waals surface area contributed by atoms with E-state index in [0.717, 1.165) is 16.8 Å². The van der Waals surface area contributed by atoms with Crippen molar-refractivity contribution in [1.29, 1.82) is 0 Å². The Morgan fingerprint density at radius 3 is 2.73 bits per heavy atom. The van der Waals surface area contributed by atoms with Crippen molar-refractivity contribution in [2.24, 2.45) is 0 Å². The smallest absolute Gasteiger partial charge is 0.234 e. The fourth-order valence-electron chi connectivity index (χ4n) is 2.65. The molecule has 3 aromatic rings.